The normalized spacial score (nSPS) is 12.8. The summed E-state index contributed by atoms with van der Waals surface area (Å²) in [7, 11) is 0. The zero-order valence-electron chi connectivity index (χ0n) is 18.3. The third-order valence-electron chi connectivity index (χ3n) is 5.37. The zero-order chi connectivity index (χ0) is 23.1. The molecule has 3 rings (SSSR count). The van der Waals surface area contributed by atoms with Crippen molar-refractivity contribution in [3.63, 3.8) is 0 Å². The van der Waals surface area contributed by atoms with Crippen LogP contribution in [0.2, 0.25) is 0 Å². The molecule has 170 valence electrons. The minimum atomic E-state index is -4.39. The third kappa shape index (κ3) is 6.12. The van der Waals surface area contributed by atoms with Gasteiger partial charge < -0.3 is 5.73 Å². The van der Waals surface area contributed by atoms with Gasteiger partial charge in [0.2, 0.25) is 0 Å². The maximum absolute atomic E-state index is 13.6. The van der Waals surface area contributed by atoms with Crippen molar-refractivity contribution in [2.24, 2.45) is 5.73 Å². The van der Waals surface area contributed by atoms with E-state index in [2.05, 4.69) is 11.1 Å². The van der Waals surface area contributed by atoms with Gasteiger partial charge in [0.15, 0.2) is 0 Å². The van der Waals surface area contributed by atoms with Crippen LogP contribution in [-0.4, -0.2) is 22.4 Å². The molecular weight excluding hydrogens is 431 g/mol. The lowest BCUT2D eigenvalue weighted by atomic mass is 9.98. The van der Waals surface area contributed by atoms with Crippen LogP contribution < -0.4 is 5.73 Å². The van der Waals surface area contributed by atoms with Crippen LogP contribution in [0.3, 0.4) is 0 Å². The molecule has 1 heterocycles. The Morgan fingerprint density at radius 1 is 1.06 bits per heavy atom. The molecule has 3 aromatic rings. The standard InChI is InChI=1S/C25H28F3N3S/c1-18-17-30-14-12-22(18)21-9-7-8-20(16-21)19(2)31(15-6-5-13-29)32-24-11-4-3-10-23(24)25(26,27)28/h3-4,7-12,14,16-17,19H,5-6,13,15,29H2,1-2H3. The van der Waals surface area contributed by atoms with Crippen LogP contribution >= 0.6 is 11.9 Å². The van der Waals surface area contributed by atoms with E-state index in [9.17, 15) is 13.2 Å². The predicted molar refractivity (Wildman–Crippen MR) is 125 cm³/mol. The van der Waals surface area contributed by atoms with E-state index in [1.807, 2.05) is 48.6 Å². The Labute approximate surface area is 192 Å². The van der Waals surface area contributed by atoms with Gasteiger partial charge in [0.05, 0.1) is 5.56 Å². The van der Waals surface area contributed by atoms with E-state index in [0.717, 1.165) is 53.1 Å². The number of unbranched alkanes of at least 4 members (excludes halogenated alkanes) is 1. The number of benzene rings is 2. The van der Waals surface area contributed by atoms with E-state index in [0.29, 0.717) is 13.1 Å². The van der Waals surface area contributed by atoms with Gasteiger partial charge in [0.1, 0.15) is 0 Å². The van der Waals surface area contributed by atoms with Gasteiger partial charge in [-0.15, -0.1) is 0 Å². The molecule has 0 saturated heterocycles. The summed E-state index contributed by atoms with van der Waals surface area (Å²) in [5, 5.41) is 0. The molecule has 1 atom stereocenters. The molecule has 0 amide bonds. The van der Waals surface area contributed by atoms with E-state index in [1.165, 1.54) is 12.1 Å². The molecule has 0 aliphatic carbocycles. The topological polar surface area (TPSA) is 42.2 Å². The quantitative estimate of drug-likeness (QED) is 0.280. The van der Waals surface area contributed by atoms with Crippen molar-refractivity contribution in [3.05, 3.63) is 83.7 Å². The highest BCUT2D eigenvalue weighted by Gasteiger charge is 2.34. The highest BCUT2D eigenvalue weighted by molar-refractivity contribution is 7.97. The fourth-order valence-electron chi connectivity index (χ4n) is 3.57. The lowest BCUT2D eigenvalue weighted by molar-refractivity contribution is -0.139. The van der Waals surface area contributed by atoms with E-state index >= 15 is 0 Å². The number of hydrogen-bond acceptors (Lipinski definition) is 4. The molecule has 0 fully saturated rings. The first-order chi connectivity index (χ1) is 15.3. The summed E-state index contributed by atoms with van der Waals surface area (Å²) in [6.07, 6.45) is 0.830. The highest BCUT2D eigenvalue weighted by Crippen LogP contribution is 2.40. The molecule has 0 aliphatic rings. The van der Waals surface area contributed by atoms with E-state index in [-0.39, 0.29) is 10.9 Å². The number of hydrogen-bond donors (Lipinski definition) is 1. The van der Waals surface area contributed by atoms with Crippen molar-refractivity contribution in [3.8, 4) is 11.1 Å². The zero-order valence-corrected chi connectivity index (χ0v) is 19.1. The molecule has 0 bridgehead atoms. The van der Waals surface area contributed by atoms with E-state index < -0.39 is 11.7 Å². The van der Waals surface area contributed by atoms with Gasteiger partial charge >= 0.3 is 6.18 Å². The van der Waals surface area contributed by atoms with E-state index in [4.69, 9.17) is 5.73 Å². The number of pyridine rings is 1. The van der Waals surface area contributed by atoms with Crippen molar-refractivity contribution in [2.45, 2.75) is 43.8 Å². The number of nitrogens with two attached hydrogens (primary N) is 1. The lowest BCUT2D eigenvalue weighted by Crippen LogP contribution is -2.22. The van der Waals surface area contributed by atoms with Crippen molar-refractivity contribution in [1.82, 2.24) is 9.29 Å². The molecule has 0 aliphatic heterocycles. The predicted octanol–water partition coefficient (Wildman–Crippen LogP) is 6.89. The number of nitrogens with zero attached hydrogens (tertiary/aromatic N) is 2. The minimum absolute atomic E-state index is 0.0962. The monoisotopic (exact) mass is 459 g/mol. The highest BCUT2D eigenvalue weighted by atomic mass is 32.2. The summed E-state index contributed by atoms with van der Waals surface area (Å²) >= 11 is 1.16. The second-order valence-electron chi connectivity index (χ2n) is 7.71. The van der Waals surface area contributed by atoms with E-state index in [1.54, 1.807) is 12.3 Å². The number of halogens is 3. The first kappa shape index (κ1) is 24.3. The fourth-order valence-corrected chi connectivity index (χ4v) is 4.74. The summed E-state index contributed by atoms with van der Waals surface area (Å²) < 4.78 is 42.7. The molecule has 32 heavy (non-hydrogen) atoms. The van der Waals surface area contributed by atoms with Crippen LogP contribution in [0.5, 0.6) is 0 Å². The van der Waals surface area contributed by atoms with Gasteiger partial charge in [0, 0.05) is 29.9 Å². The maximum atomic E-state index is 13.6. The molecule has 0 radical (unpaired) electrons. The van der Waals surface area contributed by atoms with Gasteiger partial charge in [-0.25, -0.2) is 4.31 Å². The van der Waals surface area contributed by atoms with Gasteiger partial charge in [-0.3, -0.25) is 4.98 Å². The molecular formula is C25H28F3N3S. The van der Waals surface area contributed by atoms with Crippen molar-refractivity contribution in [1.29, 1.82) is 0 Å². The fraction of sp³-hybridized carbons (Fsp3) is 0.320. The van der Waals surface area contributed by atoms with Crippen LogP contribution in [0.15, 0.2) is 71.9 Å². The van der Waals surface area contributed by atoms with Crippen molar-refractivity contribution < 1.29 is 13.2 Å². The summed E-state index contributed by atoms with van der Waals surface area (Å²) in [4.78, 5) is 4.37. The first-order valence-corrected chi connectivity index (χ1v) is 11.4. The third-order valence-corrected chi connectivity index (χ3v) is 6.66. The molecule has 0 spiro atoms. The minimum Gasteiger partial charge on any atom is -0.330 e. The van der Waals surface area contributed by atoms with Crippen LogP contribution in [0.25, 0.3) is 11.1 Å². The largest absolute Gasteiger partial charge is 0.417 e. The molecule has 2 aromatic carbocycles. The Bertz CT molecular complexity index is 1020. The van der Waals surface area contributed by atoms with Gasteiger partial charge in [0.25, 0.3) is 0 Å². The van der Waals surface area contributed by atoms with Gasteiger partial charge in [-0.2, -0.15) is 13.2 Å². The average molecular weight is 460 g/mol. The summed E-state index contributed by atoms with van der Waals surface area (Å²) in [5.74, 6) is 0. The second kappa shape index (κ2) is 11.0. The second-order valence-corrected chi connectivity index (χ2v) is 8.81. The first-order valence-electron chi connectivity index (χ1n) is 10.6. The SMILES string of the molecule is Cc1cnccc1-c1cccc(C(C)N(CCCCN)Sc2ccccc2C(F)(F)F)c1. The van der Waals surface area contributed by atoms with Crippen LogP contribution in [0, 0.1) is 6.92 Å². The maximum Gasteiger partial charge on any atom is 0.417 e. The molecule has 0 saturated carbocycles. The number of rotatable bonds is 9. The Morgan fingerprint density at radius 2 is 1.84 bits per heavy atom. The lowest BCUT2D eigenvalue weighted by Gasteiger charge is -2.29. The summed E-state index contributed by atoms with van der Waals surface area (Å²) in [6, 6.07) is 15.8. The number of alkyl halides is 3. The number of aromatic nitrogens is 1. The molecule has 1 aromatic heterocycles. The average Bonchev–Trinajstić information content (AvgIpc) is 2.78. The van der Waals surface area contributed by atoms with Crippen LogP contribution in [0.4, 0.5) is 13.2 Å². The Morgan fingerprint density at radius 3 is 2.56 bits per heavy atom. The Hall–Kier alpha value is -2.35. The summed E-state index contributed by atoms with van der Waals surface area (Å²) in [6.45, 7) is 5.24. The number of aryl methyl sites for hydroxylation is 1. The van der Waals surface area contributed by atoms with Gasteiger partial charge in [-0.05, 0) is 91.7 Å². The Balaban J connectivity index is 1.91. The summed E-state index contributed by atoms with van der Waals surface area (Å²) in [5.41, 5.74) is 9.33. The molecule has 2 N–H and O–H groups in total. The molecule has 7 heteroatoms. The molecule has 1 unspecified atom stereocenters. The smallest absolute Gasteiger partial charge is 0.330 e. The van der Waals surface area contributed by atoms with Crippen molar-refractivity contribution in [2.75, 3.05) is 13.1 Å². The van der Waals surface area contributed by atoms with Crippen molar-refractivity contribution >= 4 is 11.9 Å². The Kier molecular flexibility index (Phi) is 8.34. The van der Waals surface area contributed by atoms with Gasteiger partial charge in [-0.1, -0.05) is 30.3 Å². The molecule has 3 nitrogen and oxygen atoms in total. The van der Waals surface area contributed by atoms with Crippen LogP contribution in [0.1, 0.15) is 42.5 Å². The van der Waals surface area contributed by atoms with Crippen LogP contribution in [-0.2, 0) is 6.18 Å².